The van der Waals surface area contributed by atoms with Gasteiger partial charge in [-0.05, 0) is 54.3 Å². The van der Waals surface area contributed by atoms with E-state index in [2.05, 4.69) is 10.6 Å². The van der Waals surface area contributed by atoms with Crippen molar-refractivity contribution in [1.29, 1.82) is 0 Å². The zero-order valence-corrected chi connectivity index (χ0v) is 17.8. The first-order valence-electron chi connectivity index (χ1n) is 11.0. The number of amides is 3. The monoisotopic (exact) mass is 455 g/mol. The minimum atomic E-state index is -2.29. The van der Waals surface area contributed by atoms with E-state index in [1.165, 1.54) is 4.90 Å². The Morgan fingerprint density at radius 1 is 1.06 bits per heavy atom. The number of carbonyl (C=O) groups excluding carboxylic acids is 3. The van der Waals surface area contributed by atoms with Crippen LogP contribution in [0.25, 0.3) is 0 Å². The van der Waals surface area contributed by atoms with Crippen LogP contribution in [0, 0.1) is 11.6 Å². The summed E-state index contributed by atoms with van der Waals surface area (Å²) in [6, 6.07) is 8.08. The molecule has 2 aromatic rings. The minimum absolute atomic E-state index is 0.0235. The number of benzene rings is 2. The molecule has 33 heavy (non-hydrogen) atoms. The number of nitrogens with one attached hydrogen (secondary N) is 2. The lowest BCUT2D eigenvalue weighted by Gasteiger charge is -2.24. The van der Waals surface area contributed by atoms with E-state index < -0.39 is 34.5 Å². The Bertz CT molecular complexity index is 1160. The fourth-order valence-corrected chi connectivity index (χ4v) is 5.25. The summed E-state index contributed by atoms with van der Waals surface area (Å²) in [7, 11) is 0. The summed E-state index contributed by atoms with van der Waals surface area (Å²) < 4.78 is 26.7. The molecular weight excluding hydrogens is 432 g/mol. The molecule has 0 aromatic heterocycles. The SMILES string of the molecule is O=C1Nc2ccc(N3CC[C@](O)(C(=O)NCc4cc(F)cc(F)c4)C3=O)cc2C12CCCC2. The van der Waals surface area contributed by atoms with Gasteiger partial charge < -0.3 is 20.6 Å². The first-order chi connectivity index (χ1) is 15.7. The van der Waals surface area contributed by atoms with Crippen LogP contribution in [0.4, 0.5) is 20.2 Å². The second kappa shape index (κ2) is 7.62. The Kier molecular flexibility index (Phi) is 4.97. The molecule has 1 spiro atoms. The van der Waals surface area contributed by atoms with Gasteiger partial charge in [0.05, 0.1) is 5.41 Å². The van der Waals surface area contributed by atoms with E-state index in [0.29, 0.717) is 11.8 Å². The van der Waals surface area contributed by atoms with Gasteiger partial charge in [0.1, 0.15) is 11.6 Å². The molecule has 3 amide bonds. The lowest BCUT2D eigenvalue weighted by atomic mass is 9.80. The third-order valence-corrected chi connectivity index (χ3v) is 7.02. The van der Waals surface area contributed by atoms with Crippen LogP contribution in [0.1, 0.15) is 43.2 Å². The van der Waals surface area contributed by atoms with Crippen molar-refractivity contribution in [3.8, 4) is 0 Å². The molecule has 9 heteroatoms. The largest absolute Gasteiger partial charge is 0.372 e. The smallest absolute Gasteiger partial charge is 0.268 e. The van der Waals surface area contributed by atoms with Gasteiger partial charge >= 0.3 is 0 Å². The van der Waals surface area contributed by atoms with Crippen molar-refractivity contribution >= 4 is 29.1 Å². The predicted molar refractivity (Wildman–Crippen MR) is 115 cm³/mol. The Morgan fingerprint density at radius 3 is 2.45 bits per heavy atom. The molecule has 2 fully saturated rings. The van der Waals surface area contributed by atoms with E-state index in [9.17, 15) is 28.3 Å². The number of hydrogen-bond donors (Lipinski definition) is 3. The summed E-state index contributed by atoms with van der Waals surface area (Å²) >= 11 is 0. The summed E-state index contributed by atoms with van der Waals surface area (Å²) in [5.74, 6) is -3.30. The van der Waals surface area contributed by atoms with E-state index in [-0.39, 0.29) is 31.0 Å². The number of fused-ring (bicyclic) bond motifs is 2. The molecule has 5 rings (SSSR count). The number of aliphatic hydroxyl groups is 1. The van der Waals surface area contributed by atoms with Gasteiger partial charge in [0.25, 0.3) is 11.8 Å². The van der Waals surface area contributed by atoms with Crippen LogP contribution in [0.15, 0.2) is 36.4 Å². The molecule has 1 saturated heterocycles. The van der Waals surface area contributed by atoms with Crippen molar-refractivity contribution in [1.82, 2.24) is 5.32 Å². The number of halogens is 2. The average molecular weight is 455 g/mol. The maximum Gasteiger partial charge on any atom is 0.268 e. The van der Waals surface area contributed by atoms with E-state index in [1.54, 1.807) is 18.2 Å². The van der Waals surface area contributed by atoms with Crippen molar-refractivity contribution in [3.05, 3.63) is 59.2 Å². The summed E-state index contributed by atoms with van der Waals surface area (Å²) in [5, 5.41) is 16.2. The van der Waals surface area contributed by atoms with Crippen LogP contribution in [0.5, 0.6) is 0 Å². The normalized spacial score (nSPS) is 23.2. The Morgan fingerprint density at radius 2 is 1.76 bits per heavy atom. The zero-order valence-electron chi connectivity index (χ0n) is 17.8. The Labute approximate surface area is 188 Å². The molecule has 0 unspecified atom stereocenters. The van der Waals surface area contributed by atoms with Crippen molar-refractivity contribution in [3.63, 3.8) is 0 Å². The highest BCUT2D eigenvalue weighted by atomic mass is 19.1. The van der Waals surface area contributed by atoms with E-state index >= 15 is 0 Å². The lowest BCUT2D eigenvalue weighted by molar-refractivity contribution is -0.149. The van der Waals surface area contributed by atoms with Gasteiger partial charge in [0, 0.05) is 37.0 Å². The third-order valence-electron chi connectivity index (χ3n) is 7.02. The van der Waals surface area contributed by atoms with Gasteiger partial charge in [0.15, 0.2) is 0 Å². The van der Waals surface area contributed by atoms with Crippen molar-refractivity contribution in [2.75, 3.05) is 16.8 Å². The van der Waals surface area contributed by atoms with Gasteiger partial charge in [-0.25, -0.2) is 8.78 Å². The third kappa shape index (κ3) is 3.38. The van der Waals surface area contributed by atoms with Gasteiger partial charge in [-0.15, -0.1) is 0 Å². The van der Waals surface area contributed by atoms with Crippen LogP contribution in [0.3, 0.4) is 0 Å². The molecule has 3 aliphatic rings. The fourth-order valence-electron chi connectivity index (χ4n) is 5.25. The Balaban J connectivity index is 1.34. The number of carbonyl (C=O) groups is 3. The van der Waals surface area contributed by atoms with Gasteiger partial charge in [-0.1, -0.05) is 12.8 Å². The quantitative estimate of drug-likeness (QED) is 0.617. The fraction of sp³-hybridized carbons (Fsp3) is 0.375. The average Bonchev–Trinajstić information content (AvgIpc) is 3.45. The zero-order chi connectivity index (χ0) is 23.4. The lowest BCUT2D eigenvalue weighted by Crippen LogP contribution is -2.52. The molecule has 0 radical (unpaired) electrons. The van der Waals surface area contributed by atoms with Crippen molar-refractivity contribution in [2.45, 2.75) is 49.7 Å². The van der Waals surface area contributed by atoms with Gasteiger partial charge in [0.2, 0.25) is 11.5 Å². The molecule has 172 valence electrons. The topological polar surface area (TPSA) is 98.7 Å². The molecule has 3 N–H and O–H groups in total. The minimum Gasteiger partial charge on any atom is -0.372 e. The maximum absolute atomic E-state index is 13.4. The Hall–Kier alpha value is -3.33. The summed E-state index contributed by atoms with van der Waals surface area (Å²) in [4.78, 5) is 39.7. The summed E-state index contributed by atoms with van der Waals surface area (Å²) in [6.45, 7) is -0.122. The van der Waals surface area contributed by atoms with Crippen molar-refractivity contribution < 1.29 is 28.3 Å². The highest BCUT2D eigenvalue weighted by Gasteiger charge is 2.53. The van der Waals surface area contributed by atoms with Crippen LogP contribution >= 0.6 is 0 Å². The first kappa shape index (κ1) is 21.5. The highest BCUT2D eigenvalue weighted by Crippen LogP contribution is 2.50. The molecular formula is C24H23F2N3O4. The molecule has 1 saturated carbocycles. The van der Waals surface area contributed by atoms with E-state index in [0.717, 1.165) is 49.1 Å². The number of hydrogen-bond acceptors (Lipinski definition) is 4. The second-order valence-electron chi connectivity index (χ2n) is 9.00. The number of anilines is 2. The van der Waals surface area contributed by atoms with Gasteiger partial charge in [-0.3, -0.25) is 14.4 Å². The molecule has 1 atom stereocenters. The molecule has 2 aliphatic heterocycles. The number of nitrogens with zero attached hydrogens (tertiary/aromatic N) is 1. The maximum atomic E-state index is 13.4. The standard InChI is InChI=1S/C24H23F2N3O4/c25-15-9-14(10-16(26)11-15)13-27-21(31)24(33)7-8-29(22(24)32)17-3-4-19-18(12-17)23(20(30)28-19)5-1-2-6-23/h3-4,9-12,33H,1-2,5-8,13H2,(H,27,31)(H,28,30)/t24-/m0/s1. The number of rotatable bonds is 4. The second-order valence-corrected chi connectivity index (χ2v) is 9.00. The molecule has 0 bridgehead atoms. The predicted octanol–water partition coefficient (Wildman–Crippen LogP) is 2.51. The molecule has 2 heterocycles. The highest BCUT2D eigenvalue weighted by molar-refractivity contribution is 6.16. The molecule has 1 aliphatic carbocycles. The van der Waals surface area contributed by atoms with Crippen LogP contribution in [-0.2, 0) is 26.3 Å². The molecule has 7 nitrogen and oxygen atoms in total. The van der Waals surface area contributed by atoms with Gasteiger partial charge in [-0.2, -0.15) is 0 Å². The summed E-state index contributed by atoms with van der Waals surface area (Å²) in [6.07, 6.45) is 3.27. The van der Waals surface area contributed by atoms with E-state index in [4.69, 9.17) is 0 Å². The van der Waals surface area contributed by atoms with Crippen LogP contribution in [-0.4, -0.2) is 35.0 Å². The summed E-state index contributed by atoms with van der Waals surface area (Å²) in [5.41, 5.74) is -0.607. The first-order valence-corrected chi connectivity index (χ1v) is 11.0. The van der Waals surface area contributed by atoms with Crippen LogP contribution in [0.2, 0.25) is 0 Å². The molecule has 2 aromatic carbocycles. The van der Waals surface area contributed by atoms with E-state index in [1.807, 2.05) is 0 Å². The van der Waals surface area contributed by atoms with Crippen molar-refractivity contribution in [2.24, 2.45) is 0 Å². The van der Waals surface area contributed by atoms with Crippen LogP contribution < -0.4 is 15.5 Å².